The van der Waals surface area contributed by atoms with Gasteiger partial charge >= 0.3 is 12.1 Å². The predicted molar refractivity (Wildman–Crippen MR) is 75.1 cm³/mol. The zero-order valence-corrected chi connectivity index (χ0v) is 11.9. The smallest absolute Gasteiger partial charge is 0.455 e. The second kappa shape index (κ2) is 6.54. The molecular formula is C16H14F5NO. The Morgan fingerprint density at radius 1 is 0.870 bits per heavy atom. The van der Waals surface area contributed by atoms with E-state index >= 15 is 0 Å². The van der Waals surface area contributed by atoms with E-state index in [0.29, 0.717) is 5.75 Å². The Balaban J connectivity index is 2.04. The molecule has 0 aliphatic carbocycles. The van der Waals surface area contributed by atoms with E-state index < -0.39 is 18.1 Å². The summed E-state index contributed by atoms with van der Waals surface area (Å²) in [5.41, 5.74) is 5.64. The largest absolute Gasteiger partial charge is 0.489 e. The third kappa shape index (κ3) is 3.98. The Kier molecular flexibility index (Phi) is 4.89. The van der Waals surface area contributed by atoms with Crippen molar-refractivity contribution in [1.82, 2.24) is 0 Å². The lowest BCUT2D eigenvalue weighted by Crippen LogP contribution is -2.45. The van der Waals surface area contributed by atoms with E-state index in [1.807, 2.05) is 30.3 Å². The summed E-state index contributed by atoms with van der Waals surface area (Å²) < 4.78 is 68.7. The molecule has 0 radical (unpaired) electrons. The van der Waals surface area contributed by atoms with Gasteiger partial charge in [-0.05, 0) is 23.3 Å². The molecule has 0 aromatic heterocycles. The van der Waals surface area contributed by atoms with Crippen LogP contribution in [0.2, 0.25) is 0 Å². The Labute approximate surface area is 129 Å². The zero-order chi connectivity index (χ0) is 17.1. The van der Waals surface area contributed by atoms with Crippen LogP contribution in [0, 0.1) is 0 Å². The van der Waals surface area contributed by atoms with Gasteiger partial charge in [-0.25, -0.2) is 0 Å². The first-order valence-corrected chi connectivity index (χ1v) is 6.68. The lowest BCUT2D eigenvalue weighted by atomic mass is 10.0. The highest BCUT2D eigenvalue weighted by molar-refractivity contribution is 5.30. The average Bonchev–Trinajstić information content (AvgIpc) is 2.52. The Hall–Kier alpha value is -2.15. The molecule has 2 aromatic rings. The van der Waals surface area contributed by atoms with Crippen LogP contribution in [0.15, 0.2) is 54.6 Å². The highest BCUT2D eigenvalue weighted by atomic mass is 19.4. The van der Waals surface area contributed by atoms with Gasteiger partial charge in [-0.1, -0.05) is 42.5 Å². The van der Waals surface area contributed by atoms with Crippen molar-refractivity contribution in [3.8, 4) is 5.75 Å². The van der Waals surface area contributed by atoms with Gasteiger partial charge in [-0.3, -0.25) is 0 Å². The molecule has 0 heterocycles. The molecule has 0 aliphatic rings. The number of hydrogen-bond acceptors (Lipinski definition) is 2. The Morgan fingerprint density at radius 2 is 1.43 bits per heavy atom. The topological polar surface area (TPSA) is 35.2 Å². The summed E-state index contributed by atoms with van der Waals surface area (Å²) in [4.78, 5) is 0. The second-order valence-electron chi connectivity index (χ2n) is 4.94. The standard InChI is InChI=1S/C16H14F5NO/c17-15(18,16(19,20)21)14(22)12-6-8-13(9-7-12)23-10-11-4-2-1-3-5-11/h1-9,14H,10,22H2/t14-/m1/s1. The lowest BCUT2D eigenvalue weighted by molar-refractivity contribution is -0.291. The summed E-state index contributed by atoms with van der Waals surface area (Å²) in [5, 5.41) is 0. The molecule has 124 valence electrons. The minimum Gasteiger partial charge on any atom is -0.489 e. The van der Waals surface area contributed by atoms with Crippen molar-refractivity contribution in [3.63, 3.8) is 0 Å². The van der Waals surface area contributed by atoms with E-state index in [2.05, 4.69) is 0 Å². The highest BCUT2D eigenvalue weighted by Crippen LogP contribution is 2.43. The van der Waals surface area contributed by atoms with Gasteiger partial charge in [-0.2, -0.15) is 22.0 Å². The summed E-state index contributed by atoms with van der Waals surface area (Å²) in [6.07, 6.45) is -5.70. The number of halogens is 5. The van der Waals surface area contributed by atoms with Crippen molar-refractivity contribution < 1.29 is 26.7 Å². The first-order valence-electron chi connectivity index (χ1n) is 6.68. The molecule has 0 saturated carbocycles. The van der Waals surface area contributed by atoms with Gasteiger partial charge in [-0.15, -0.1) is 0 Å². The molecule has 0 unspecified atom stereocenters. The maximum Gasteiger partial charge on any atom is 0.455 e. The monoisotopic (exact) mass is 331 g/mol. The van der Waals surface area contributed by atoms with Crippen LogP contribution >= 0.6 is 0 Å². The fourth-order valence-electron chi connectivity index (χ4n) is 1.90. The van der Waals surface area contributed by atoms with Gasteiger partial charge in [0.2, 0.25) is 0 Å². The molecule has 2 N–H and O–H groups in total. The molecule has 0 saturated heterocycles. The van der Waals surface area contributed by atoms with Crippen molar-refractivity contribution >= 4 is 0 Å². The summed E-state index contributed by atoms with van der Waals surface area (Å²) in [6.45, 7) is 0.255. The number of benzene rings is 2. The summed E-state index contributed by atoms with van der Waals surface area (Å²) in [7, 11) is 0. The lowest BCUT2D eigenvalue weighted by Gasteiger charge is -2.26. The minimum atomic E-state index is -5.70. The van der Waals surface area contributed by atoms with E-state index in [0.717, 1.165) is 17.7 Å². The van der Waals surface area contributed by atoms with Gasteiger partial charge in [0, 0.05) is 0 Å². The molecular weight excluding hydrogens is 317 g/mol. The van der Waals surface area contributed by atoms with Crippen molar-refractivity contribution in [1.29, 1.82) is 0 Å². The molecule has 0 bridgehead atoms. The van der Waals surface area contributed by atoms with Crippen LogP contribution in [0.25, 0.3) is 0 Å². The van der Waals surface area contributed by atoms with E-state index in [-0.39, 0.29) is 12.2 Å². The number of hydrogen-bond donors (Lipinski definition) is 1. The van der Waals surface area contributed by atoms with Crippen LogP contribution in [0.4, 0.5) is 22.0 Å². The molecule has 2 rings (SSSR count). The molecule has 0 amide bonds. The van der Waals surface area contributed by atoms with Gasteiger partial charge in [0.1, 0.15) is 18.4 Å². The quantitative estimate of drug-likeness (QED) is 0.821. The number of nitrogens with two attached hydrogens (primary N) is 1. The van der Waals surface area contributed by atoms with Crippen LogP contribution in [0.1, 0.15) is 17.2 Å². The average molecular weight is 331 g/mol. The van der Waals surface area contributed by atoms with Crippen molar-refractivity contribution in [2.45, 2.75) is 24.7 Å². The molecule has 0 fully saturated rings. The van der Waals surface area contributed by atoms with E-state index in [9.17, 15) is 22.0 Å². The van der Waals surface area contributed by atoms with Gasteiger partial charge in [0.25, 0.3) is 0 Å². The van der Waals surface area contributed by atoms with E-state index in [1.54, 1.807) is 0 Å². The SMILES string of the molecule is N[C@H](c1ccc(OCc2ccccc2)cc1)C(F)(F)C(F)(F)F. The van der Waals surface area contributed by atoms with Crippen LogP contribution < -0.4 is 10.5 Å². The first-order chi connectivity index (χ1) is 10.7. The Bertz CT molecular complexity index is 625. The van der Waals surface area contributed by atoms with Crippen LogP contribution in [-0.4, -0.2) is 12.1 Å². The Morgan fingerprint density at radius 3 is 1.96 bits per heavy atom. The molecule has 23 heavy (non-hydrogen) atoms. The molecule has 0 spiro atoms. The first kappa shape index (κ1) is 17.2. The summed E-state index contributed by atoms with van der Waals surface area (Å²) in [6, 6.07) is 11.6. The fraction of sp³-hybridized carbons (Fsp3) is 0.250. The van der Waals surface area contributed by atoms with Gasteiger partial charge < -0.3 is 10.5 Å². The second-order valence-corrected chi connectivity index (χ2v) is 4.94. The summed E-state index contributed by atoms with van der Waals surface area (Å²) >= 11 is 0. The molecule has 2 nitrogen and oxygen atoms in total. The van der Waals surface area contributed by atoms with E-state index in [4.69, 9.17) is 10.5 Å². The summed E-state index contributed by atoms with van der Waals surface area (Å²) in [5.74, 6) is -4.65. The third-order valence-electron chi connectivity index (χ3n) is 3.26. The maximum atomic E-state index is 13.2. The van der Waals surface area contributed by atoms with Crippen molar-refractivity contribution in [2.75, 3.05) is 0 Å². The van der Waals surface area contributed by atoms with Gasteiger partial charge in [0.15, 0.2) is 0 Å². The minimum absolute atomic E-state index is 0.255. The molecule has 1 atom stereocenters. The van der Waals surface area contributed by atoms with Crippen molar-refractivity contribution in [3.05, 3.63) is 65.7 Å². The third-order valence-corrected chi connectivity index (χ3v) is 3.26. The van der Waals surface area contributed by atoms with Crippen molar-refractivity contribution in [2.24, 2.45) is 5.73 Å². The van der Waals surface area contributed by atoms with E-state index in [1.165, 1.54) is 12.1 Å². The van der Waals surface area contributed by atoms with Crippen LogP contribution in [-0.2, 0) is 6.61 Å². The van der Waals surface area contributed by atoms with Gasteiger partial charge in [0.05, 0.1) is 0 Å². The zero-order valence-electron chi connectivity index (χ0n) is 11.9. The number of rotatable bonds is 5. The predicted octanol–water partition coefficient (Wildman–Crippen LogP) is 4.46. The number of alkyl halides is 5. The molecule has 0 aliphatic heterocycles. The molecule has 7 heteroatoms. The maximum absolute atomic E-state index is 13.2. The molecule has 2 aromatic carbocycles. The fourth-order valence-corrected chi connectivity index (χ4v) is 1.90. The number of ether oxygens (including phenoxy) is 1. The highest BCUT2D eigenvalue weighted by Gasteiger charge is 2.61. The van der Waals surface area contributed by atoms with Crippen LogP contribution in [0.5, 0.6) is 5.75 Å². The normalized spacial score (nSPS) is 13.7. The van der Waals surface area contributed by atoms with Crippen LogP contribution in [0.3, 0.4) is 0 Å².